The minimum Gasteiger partial charge on any atom is -0.379 e. The molecule has 0 saturated carbocycles. The average Bonchev–Trinajstić information content (AvgIpc) is 2.60. The van der Waals surface area contributed by atoms with Gasteiger partial charge in [0.05, 0.1) is 13.2 Å². The molecule has 1 fully saturated rings. The normalized spacial score (nSPS) is 31.3. The van der Waals surface area contributed by atoms with Crippen LogP contribution in [0.4, 0.5) is 0 Å². The van der Waals surface area contributed by atoms with Gasteiger partial charge in [-0.15, -0.1) is 0 Å². The SMILES string of the molecule is CC(C)=CC1=CC(O)OC1N1CCOCC1. The van der Waals surface area contributed by atoms with Gasteiger partial charge in [0.1, 0.15) is 6.23 Å². The van der Waals surface area contributed by atoms with Crippen LogP contribution in [0.1, 0.15) is 13.8 Å². The molecule has 0 radical (unpaired) electrons. The second-order valence-electron chi connectivity index (χ2n) is 4.42. The van der Waals surface area contributed by atoms with Crippen LogP contribution in [0.25, 0.3) is 0 Å². The first-order valence-electron chi connectivity index (χ1n) is 5.69. The highest BCUT2D eigenvalue weighted by atomic mass is 16.6. The second kappa shape index (κ2) is 5.10. The summed E-state index contributed by atoms with van der Waals surface area (Å²) in [6.07, 6.45) is 2.94. The first-order valence-corrected chi connectivity index (χ1v) is 5.69. The van der Waals surface area contributed by atoms with E-state index in [4.69, 9.17) is 9.47 Å². The molecule has 16 heavy (non-hydrogen) atoms. The molecule has 1 saturated heterocycles. The quantitative estimate of drug-likeness (QED) is 0.757. The molecule has 0 aromatic carbocycles. The van der Waals surface area contributed by atoms with Crippen LogP contribution in [-0.4, -0.2) is 48.8 Å². The molecule has 2 aliphatic rings. The molecule has 2 aliphatic heterocycles. The van der Waals surface area contributed by atoms with Crippen LogP contribution in [-0.2, 0) is 9.47 Å². The molecule has 1 N–H and O–H groups in total. The lowest BCUT2D eigenvalue weighted by Gasteiger charge is -2.32. The van der Waals surface area contributed by atoms with Gasteiger partial charge in [-0.05, 0) is 25.5 Å². The predicted molar refractivity (Wildman–Crippen MR) is 60.8 cm³/mol. The summed E-state index contributed by atoms with van der Waals surface area (Å²) in [5, 5.41) is 9.53. The number of allylic oxidation sites excluding steroid dienone is 1. The van der Waals surface area contributed by atoms with Crippen molar-refractivity contribution in [1.82, 2.24) is 4.90 Å². The van der Waals surface area contributed by atoms with Crippen LogP contribution < -0.4 is 0 Å². The molecule has 2 unspecified atom stereocenters. The number of aliphatic hydroxyl groups excluding tert-OH is 1. The van der Waals surface area contributed by atoms with E-state index < -0.39 is 6.29 Å². The highest BCUT2D eigenvalue weighted by Crippen LogP contribution is 2.24. The Morgan fingerprint density at radius 1 is 1.44 bits per heavy atom. The van der Waals surface area contributed by atoms with Crippen molar-refractivity contribution < 1.29 is 14.6 Å². The zero-order valence-electron chi connectivity index (χ0n) is 9.85. The fourth-order valence-electron chi connectivity index (χ4n) is 2.06. The number of rotatable bonds is 2. The van der Waals surface area contributed by atoms with Gasteiger partial charge in [0.25, 0.3) is 0 Å². The molecule has 90 valence electrons. The number of morpholine rings is 1. The molecule has 2 heterocycles. The Kier molecular flexibility index (Phi) is 3.76. The van der Waals surface area contributed by atoms with Crippen molar-refractivity contribution in [3.63, 3.8) is 0 Å². The Balaban J connectivity index is 2.08. The summed E-state index contributed by atoms with van der Waals surface area (Å²) in [6.45, 7) is 7.26. The lowest BCUT2D eigenvalue weighted by molar-refractivity contribution is -0.140. The first-order chi connectivity index (χ1) is 7.66. The van der Waals surface area contributed by atoms with Crippen LogP contribution in [0.5, 0.6) is 0 Å². The predicted octanol–water partition coefficient (Wildman–Crippen LogP) is 0.886. The topological polar surface area (TPSA) is 41.9 Å². The monoisotopic (exact) mass is 225 g/mol. The Labute approximate surface area is 96.1 Å². The first kappa shape index (κ1) is 11.8. The summed E-state index contributed by atoms with van der Waals surface area (Å²) < 4.78 is 10.8. The summed E-state index contributed by atoms with van der Waals surface area (Å²) in [7, 11) is 0. The molecule has 0 bridgehead atoms. The Hall–Kier alpha value is -0.680. The number of hydrogen-bond donors (Lipinski definition) is 1. The van der Waals surface area contributed by atoms with Crippen molar-refractivity contribution in [1.29, 1.82) is 0 Å². The van der Waals surface area contributed by atoms with Crippen molar-refractivity contribution in [3.8, 4) is 0 Å². The number of aliphatic hydroxyl groups is 1. The van der Waals surface area contributed by atoms with E-state index >= 15 is 0 Å². The minimum atomic E-state index is -0.779. The van der Waals surface area contributed by atoms with Crippen molar-refractivity contribution in [2.24, 2.45) is 0 Å². The molecule has 0 aromatic rings. The highest BCUT2D eigenvalue weighted by Gasteiger charge is 2.30. The maximum absolute atomic E-state index is 9.53. The van der Waals surface area contributed by atoms with E-state index in [0.717, 1.165) is 31.9 Å². The van der Waals surface area contributed by atoms with Crippen molar-refractivity contribution in [2.45, 2.75) is 26.4 Å². The third-order valence-corrected chi connectivity index (χ3v) is 2.72. The van der Waals surface area contributed by atoms with Crippen LogP contribution in [0.15, 0.2) is 23.3 Å². The molecule has 2 rings (SSSR count). The summed E-state index contributed by atoms with van der Waals surface area (Å²) >= 11 is 0. The molecule has 2 atom stereocenters. The molecule has 0 spiro atoms. The molecule has 0 aliphatic carbocycles. The number of hydrogen-bond acceptors (Lipinski definition) is 4. The van der Waals surface area contributed by atoms with Gasteiger partial charge in [0, 0.05) is 13.1 Å². The van der Waals surface area contributed by atoms with Gasteiger partial charge in [0.15, 0.2) is 6.29 Å². The maximum atomic E-state index is 9.53. The highest BCUT2D eigenvalue weighted by molar-refractivity contribution is 5.29. The fraction of sp³-hybridized carbons (Fsp3) is 0.667. The van der Waals surface area contributed by atoms with E-state index in [2.05, 4.69) is 11.0 Å². The zero-order valence-corrected chi connectivity index (χ0v) is 9.85. The molecule has 0 aromatic heterocycles. The Morgan fingerprint density at radius 2 is 2.12 bits per heavy atom. The smallest absolute Gasteiger partial charge is 0.177 e. The van der Waals surface area contributed by atoms with E-state index in [1.54, 1.807) is 6.08 Å². The van der Waals surface area contributed by atoms with Crippen molar-refractivity contribution >= 4 is 0 Å². The Morgan fingerprint density at radius 3 is 2.75 bits per heavy atom. The summed E-state index contributed by atoms with van der Waals surface area (Å²) in [5.41, 5.74) is 2.26. The van der Waals surface area contributed by atoms with Gasteiger partial charge in [-0.3, -0.25) is 4.90 Å². The van der Waals surface area contributed by atoms with Crippen molar-refractivity contribution in [3.05, 3.63) is 23.3 Å². The molecular weight excluding hydrogens is 206 g/mol. The number of ether oxygens (including phenoxy) is 2. The van der Waals surface area contributed by atoms with Gasteiger partial charge in [0.2, 0.25) is 0 Å². The molecular formula is C12H19NO3. The largest absolute Gasteiger partial charge is 0.379 e. The summed E-state index contributed by atoms with van der Waals surface area (Å²) in [4.78, 5) is 2.20. The number of nitrogens with zero attached hydrogens (tertiary/aromatic N) is 1. The lowest BCUT2D eigenvalue weighted by atomic mass is 10.1. The van der Waals surface area contributed by atoms with E-state index in [-0.39, 0.29) is 6.23 Å². The van der Waals surface area contributed by atoms with Crippen molar-refractivity contribution in [2.75, 3.05) is 26.3 Å². The fourth-order valence-corrected chi connectivity index (χ4v) is 2.06. The van der Waals surface area contributed by atoms with Gasteiger partial charge >= 0.3 is 0 Å². The van der Waals surface area contributed by atoms with Gasteiger partial charge < -0.3 is 14.6 Å². The third kappa shape index (κ3) is 2.71. The average molecular weight is 225 g/mol. The zero-order chi connectivity index (χ0) is 11.5. The van der Waals surface area contributed by atoms with Gasteiger partial charge in [-0.1, -0.05) is 11.6 Å². The van der Waals surface area contributed by atoms with E-state index in [1.807, 2.05) is 13.8 Å². The van der Waals surface area contributed by atoms with Gasteiger partial charge in [-0.25, -0.2) is 0 Å². The van der Waals surface area contributed by atoms with Crippen LogP contribution >= 0.6 is 0 Å². The minimum absolute atomic E-state index is 0.117. The second-order valence-corrected chi connectivity index (χ2v) is 4.42. The Bertz CT molecular complexity index is 301. The summed E-state index contributed by atoms with van der Waals surface area (Å²) in [5.74, 6) is 0. The maximum Gasteiger partial charge on any atom is 0.177 e. The van der Waals surface area contributed by atoms with Gasteiger partial charge in [-0.2, -0.15) is 0 Å². The van der Waals surface area contributed by atoms with Crippen LogP contribution in [0, 0.1) is 0 Å². The molecule has 0 amide bonds. The molecule has 4 nitrogen and oxygen atoms in total. The lowest BCUT2D eigenvalue weighted by Crippen LogP contribution is -2.44. The van der Waals surface area contributed by atoms with E-state index in [0.29, 0.717) is 0 Å². The molecule has 4 heteroatoms. The van der Waals surface area contributed by atoms with Crippen LogP contribution in [0.2, 0.25) is 0 Å². The van der Waals surface area contributed by atoms with Crippen LogP contribution in [0.3, 0.4) is 0 Å². The van der Waals surface area contributed by atoms with E-state index in [1.165, 1.54) is 5.57 Å². The third-order valence-electron chi connectivity index (χ3n) is 2.72. The standard InChI is InChI=1S/C12H19NO3/c1-9(2)7-10-8-11(14)16-12(10)13-3-5-15-6-4-13/h7-8,11-12,14H,3-6H2,1-2H3. The van der Waals surface area contributed by atoms with E-state index in [9.17, 15) is 5.11 Å². The summed E-state index contributed by atoms with van der Waals surface area (Å²) in [6, 6.07) is 0.